The molecule has 2 fully saturated rings. The molecule has 0 radical (unpaired) electrons. The standard InChI is InChI=1S/C11H20N2O2/c14-11(9-3-1-5-12-7-9)15-10-4-2-6-13-8-10/h9-10,12-13H,1-8H2. The summed E-state index contributed by atoms with van der Waals surface area (Å²) in [6.07, 6.45) is 4.29. The Balaban J connectivity index is 1.74. The van der Waals surface area contributed by atoms with E-state index in [0.29, 0.717) is 0 Å². The Labute approximate surface area is 90.8 Å². The van der Waals surface area contributed by atoms with Crippen LogP contribution in [0.25, 0.3) is 0 Å². The third kappa shape index (κ3) is 3.18. The van der Waals surface area contributed by atoms with Crippen molar-refractivity contribution in [2.75, 3.05) is 26.2 Å². The highest BCUT2D eigenvalue weighted by Gasteiger charge is 2.25. The van der Waals surface area contributed by atoms with E-state index < -0.39 is 0 Å². The minimum atomic E-state index is -0.00380. The second-order valence-electron chi connectivity index (χ2n) is 4.45. The van der Waals surface area contributed by atoms with Crippen molar-refractivity contribution in [1.29, 1.82) is 0 Å². The maximum Gasteiger partial charge on any atom is 0.310 e. The fourth-order valence-corrected chi connectivity index (χ4v) is 2.23. The Kier molecular flexibility index (Phi) is 3.97. The number of esters is 1. The monoisotopic (exact) mass is 212 g/mol. The van der Waals surface area contributed by atoms with Crippen molar-refractivity contribution in [3.63, 3.8) is 0 Å². The van der Waals surface area contributed by atoms with Gasteiger partial charge in [0.2, 0.25) is 0 Å². The van der Waals surface area contributed by atoms with Crippen LogP contribution in [0.3, 0.4) is 0 Å². The summed E-state index contributed by atoms with van der Waals surface area (Å²) in [4.78, 5) is 11.8. The number of rotatable bonds is 2. The molecule has 4 heteroatoms. The van der Waals surface area contributed by atoms with E-state index in [1.807, 2.05) is 0 Å². The van der Waals surface area contributed by atoms with E-state index in [0.717, 1.165) is 51.9 Å². The fraction of sp³-hybridized carbons (Fsp3) is 0.909. The van der Waals surface area contributed by atoms with Crippen molar-refractivity contribution in [1.82, 2.24) is 10.6 Å². The lowest BCUT2D eigenvalue weighted by molar-refractivity contribution is -0.155. The van der Waals surface area contributed by atoms with E-state index in [1.54, 1.807) is 0 Å². The van der Waals surface area contributed by atoms with Crippen molar-refractivity contribution in [2.24, 2.45) is 5.92 Å². The fourth-order valence-electron chi connectivity index (χ4n) is 2.23. The van der Waals surface area contributed by atoms with Crippen LogP contribution < -0.4 is 10.6 Å². The van der Waals surface area contributed by atoms with Crippen LogP contribution in [0.1, 0.15) is 25.7 Å². The predicted molar refractivity (Wildman–Crippen MR) is 57.6 cm³/mol. The summed E-state index contributed by atoms with van der Waals surface area (Å²) in [5, 5.41) is 6.49. The number of ether oxygens (including phenoxy) is 1. The van der Waals surface area contributed by atoms with Crippen LogP contribution in [-0.2, 0) is 9.53 Å². The van der Waals surface area contributed by atoms with Gasteiger partial charge in [-0.2, -0.15) is 0 Å². The molecule has 0 bridgehead atoms. The second kappa shape index (κ2) is 5.47. The molecule has 2 heterocycles. The molecule has 0 saturated carbocycles. The number of hydrogen-bond acceptors (Lipinski definition) is 4. The summed E-state index contributed by atoms with van der Waals surface area (Å²) in [6.45, 7) is 3.71. The Hall–Kier alpha value is -0.610. The molecule has 4 nitrogen and oxygen atoms in total. The summed E-state index contributed by atoms with van der Waals surface area (Å²) in [5.41, 5.74) is 0. The van der Waals surface area contributed by atoms with Crippen molar-refractivity contribution in [3.05, 3.63) is 0 Å². The average Bonchev–Trinajstić information content (AvgIpc) is 2.31. The van der Waals surface area contributed by atoms with Gasteiger partial charge in [0.05, 0.1) is 5.92 Å². The number of hydrogen-bond donors (Lipinski definition) is 2. The van der Waals surface area contributed by atoms with Gasteiger partial charge in [-0.25, -0.2) is 0 Å². The minimum absolute atomic E-state index is 0.00380. The maximum atomic E-state index is 11.8. The lowest BCUT2D eigenvalue weighted by Crippen LogP contribution is -2.41. The first-order valence-electron chi connectivity index (χ1n) is 5.98. The third-order valence-corrected chi connectivity index (χ3v) is 3.16. The zero-order valence-electron chi connectivity index (χ0n) is 9.13. The molecule has 86 valence electrons. The molecule has 15 heavy (non-hydrogen) atoms. The molecule has 2 atom stereocenters. The van der Waals surface area contributed by atoms with Crippen molar-refractivity contribution >= 4 is 5.97 Å². The second-order valence-corrected chi connectivity index (χ2v) is 4.45. The van der Waals surface area contributed by atoms with Crippen LogP contribution in [-0.4, -0.2) is 38.3 Å². The largest absolute Gasteiger partial charge is 0.461 e. The summed E-state index contributed by atoms with van der Waals surface area (Å²) in [5.74, 6) is 0.0802. The Bertz CT molecular complexity index is 209. The Morgan fingerprint density at radius 2 is 1.80 bits per heavy atom. The molecular formula is C11H20N2O2. The highest BCUT2D eigenvalue weighted by molar-refractivity contribution is 5.73. The Morgan fingerprint density at radius 3 is 2.40 bits per heavy atom. The molecule has 0 spiro atoms. The smallest absolute Gasteiger partial charge is 0.310 e. The van der Waals surface area contributed by atoms with Crippen LogP contribution in [0.5, 0.6) is 0 Å². The lowest BCUT2D eigenvalue weighted by Gasteiger charge is -2.27. The van der Waals surface area contributed by atoms with E-state index in [1.165, 1.54) is 0 Å². The molecule has 0 amide bonds. The van der Waals surface area contributed by atoms with Gasteiger partial charge in [0.15, 0.2) is 0 Å². The molecule has 2 aliphatic rings. The van der Waals surface area contributed by atoms with E-state index in [-0.39, 0.29) is 18.0 Å². The van der Waals surface area contributed by atoms with Gasteiger partial charge in [-0.1, -0.05) is 0 Å². The Morgan fingerprint density at radius 1 is 1.07 bits per heavy atom. The van der Waals surface area contributed by atoms with Gasteiger partial charge in [-0.05, 0) is 38.8 Å². The van der Waals surface area contributed by atoms with Crippen LogP contribution in [0, 0.1) is 5.92 Å². The maximum absolute atomic E-state index is 11.8. The van der Waals surface area contributed by atoms with Crippen LogP contribution >= 0.6 is 0 Å². The first-order chi connectivity index (χ1) is 7.36. The molecule has 0 aliphatic carbocycles. The number of carbonyl (C=O) groups excluding carboxylic acids is 1. The van der Waals surface area contributed by atoms with Gasteiger partial charge in [0.25, 0.3) is 0 Å². The summed E-state index contributed by atoms with van der Waals surface area (Å²) >= 11 is 0. The number of piperidine rings is 2. The molecule has 0 aromatic rings. The molecule has 2 unspecified atom stereocenters. The van der Waals surface area contributed by atoms with E-state index in [2.05, 4.69) is 10.6 Å². The quantitative estimate of drug-likeness (QED) is 0.646. The van der Waals surface area contributed by atoms with Gasteiger partial charge in [0.1, 0.15) is 6.10 Å². The van der Waals surface area contributed by atoms with Crippen molar-refractivity contribution < 1.29 is 9.53 Å². The first kappa shape index (κ1) is 10.9. The van der Waals surface area contributed by atoms with Crippen LogP contribution in [0.2, 0.25) is 0 Å². The predicted octanol–water partition coefficient (Wildman–Crippen LogP) is 0.281. The van der Waals surface area contributed by atoms with E-state index >= 15 is 0 Å². The SMILES string of the molecule is O=C(OC1CCCNC1)C1CCCNC1. The molecule has 0 aromatic heterocycles. The zero-order valence-corrected chi connectivity index (χ0v) is 9.13. The van der Waals surface area contributed by atoms with E-state index in [9.17, 15) is 4.79 Å². The highest BCUT2D eigenvalue weighted by Crippen LogP contribution is 2.15. The zero-order chi connectivity index (χ0) is 10.5. The molecule has 2 aliphatic heterocycles. The summed E-state index contributed by atoms with van der Waals surface area (Å²) in [7, 11) is 0. The average molecular weight is 212 g/mol. The molecule has 2 N–H and O–H groups in total. The first-order valence-corrected chi connectivity index (χ1v) is 5.98. The highest BCUT2D eigenvalue weighted by atomic mass is 16.5. The van der Waals surface area contributed by atoms with Gasteiger partial charge in [0, 0.05) is 13.1 Å². The molecular weight excluding hydrogens is 192 g/mol. The molecule has 0 aromatic carbocycles. The minimum Gasteiger partial charge on any atom is -0.461 e. The third-order valence-electron chi connectivity index (χ3n) is 3.16. The van der Waals surface area contributed by atoms with Crippen molar-refractivity contribution in [3.8, 4) is 0 Å². The number of carbonyl (C=O) groups is 1. The summed E-state index contributed by atoms with van der Waals surface area (Å²) < 4.78 is 5.49. The number of nitrogens with one attached hydrogen (secondary N) is 2. The van der Waals surface area contributed by atoms with E-state index in [4.69, 9.17) is 4.74 Å². The summed E-state index contributed by atoms with van der Waals surface area (Å²) in [6, 6.07) is 0. The van der Waals surface area contributed by atoms with Gasteiger partial charge in [-0.15, -0.1) is 0 Å². The molecule has 2 rings (SSSR count). The lowest BCUT2D eigenvalue weighted by atomic mass is 10.00. The van der Waals surface area contributed by atoms with Gasteiger partial charge < -0.3 is 15.4 Å². The van der Waals surface area contributed by atoms with Gasteiger partial charge >= 0.3 is 5.97 Å². The molecule has 2 saturated heterocycles. The van der Waals surface area contributed by atoms with Crippen molar-refractivity contribution in [2.45, 2.75) is 31.8 Å². The van der Waals surface area contributed by atoms with Crippen LogP contribution in [0.4, 0.5) is 0 Å². The van der Waals surface area contributed by atoms with Gasteiger partial charge in [-0.3, -0.25) is 4.79 Å². The van der Waals surface area contributed by atoms with Crippen LogP contribution in [0.15, 0.2) is 0 Å². The topological polar surface area (TPSA) is 50.4 Å². The normalized spacial score (nSPS) is 32.3.